The molecule has 4 aromatic heterocycles. The zero-order valence-corrected chi connectivity index (χ0v) is 29.1. The van der Waals surface area contributed by atoms with Gasteiger partial charge in [-0.15, -0.1) is 0 Å². The van der Waals surface area contributed by atoms with Crippen LogP contribution in [0.4, 0.5) is 0 Å². The van der Waals surface area contributed by atoms with Crippen LogP contribution in [0.1, 0.15) is 0 Å². The van der Waals surface area contributed by atoms with E-state index in [1.165, 1.54) is 60.1 Å². The predicted octanol–water partition coefficient (Wildman–Crippen LogP) is 13.4. The molecule has 0 radical (unpaired) electrons. The Hall–Kier alpha value is -7.30. The summed E-state index contributed by atoms with van der Waals surface area (Å²) >= 11 is 0. The maximum atomic E-state index is 6.52. The van der Waals surface area contributed by atoms with Crippen LogP contribution in [-0.2, 0) is 0 Å². The molecule has 0 atom stereocenters. The highest BCUT2D eigenvalue weighted by atomic mass is 16.3. The number of fused-ring (bicyclic) bond motifs is 11. The van der Waals surface area contributed by atoms with Gasteiger partial charge in [-0.05, 0) is 90.0 Å². The number of rotatable bonds is 4. The third-order valence-corrected chi connectivity index (χ3v) is 11.3. The second-order valence-electron chi connectivity index (χ2n) is 14.2. The first kappa shape index (κ1) is 29.3. The molecular weight excluding hydrogens is 659 g/mol. The maximum Gasteiger partial charge on any atom is 0.213 e. The summed E-state index contributed by atoms with van der Waals surface area (Å²) in [4.78, 5) is 0. The van der Waals surface area contributed by atoms with Gasteiger partial charge in [0.15, 0.2) is 0 Å². The standard InChI is InChI=1S/C50H31N3O/c1-2-12-34(13-3-1)53-47-28-24-33(30-42(47)49-40-17-7-11-21-48(40)54-50(49)53)32-22-25-35(26-23-32)51-45-20-10-6-16-39(45)41-31-36(27-29-46(41)51)52-43-18-8-4-14-37(43)38-15-5-9-19-44(38)52/h1-31H. The van der Waals surface area contributed by atoms with Gasteiger partial charge in [0.25, 0.3) is 0 Å². The van der Waals surface area contributed by atoms with Crippen molar-refractivity contribution in [2.24, 2.45) is 0 Å². The quantitative estimate of drug-likeness (QED) is 0.181. The van der Waals surface area contributed by atoms with E-state index in [-0.39, 0.29) is 0 Å². The first-order valence-electron chi connectivity index (χ1n) is 18.4. The number of aromatic nitrogens is 3. The first-order valence-corrected chi connectivity index (χ1v) is 18.4. The zero-order chi connectivity index (χ0) is 35.3. The van der Waals surface area contributed by atoms with Crippen molar-refractivity contribution in [3.63, 3.8) is 0 Å². The van der Waals surface area contributed by atoms with Gasteiger partial charge >= 0.3 is 0 Å². The Morgan fingerprint density at radius 3 is 1.48 bits per heavy atom. The van der Waals surface area contributed by atoms with E-state index in [1.54, 1.807) is 0 Å². The Balaban J connectivity index is 1.00. The minimum atomic E-state index is 0.873. The lowest BCUT2D eigenvalue weighted by Crippen LogP contribution is -1.96. The van der Waals surface area contributed by atoms with Crippen LogP contribution in [0.3, 0.4) is 0 Å². The minimum Gasteiger partial charge on any atom is -0.439 e. The van der Waals surface area contributed by atoms with Gasteiger partial charge in [-0.1, -0.05) is 109 Å². The number of benzene rings is 8. The van der Waals surface area contributed by atoms with Crippen LogP contribution in [0.5, 0.6) is 0 Å². The molecule has 8 aromatic carbocycles. The van der Waals surface area contributed by atoms with E-state index in [0.717, 1.165) is 44.6 Å². The van der Waals surface area contributed by atoms with Crippen LogP contribution in [0.2, 0.25) is 0 Å². The van der Waals surface area contributed by atoms with Gasteiger partial charge in [-0.2, -0.15) is 0 Å². The lowest BCUT2D eigenvalue weighted by molar-refractivity contribution is 0.645. The number of nitrogens with zero attached hydrogens (tertiary/aromatic N) is 3. The van der Waals surface area contributed by atoms with E-state index in [0.29, 0.717) is 0 Å². The largest absolute Gasteiger partial charge is 0.439 e. The second kappa shape index (κ2) is 11.1. The summed E-state index contributed by atoms with van der Waals surface area (Å²) in [6.07, 6.45) is 0. The van der Waals surface area contributed by atoms with Crippen molar-refractivity contribution in [3.8, 4) is 28.2 Å². The van der Waals surface area contributed by atoms with Gasteiger partial charge < -0.3 is 13.6 Å². The van der Waals surface area contributed by atoms with Gasteiger partial charge in [0, 0.05) is 49.4 Å². The molecule has 0 aliphatic rings. The molecule has 0 spiro atoms. The fourth-order valence-electron chi connectivity index (χ4n) is 8.89. The summed E-state index contributed by atoms with van der Waals surface area (Å²) in [5, 5.41) is 8.47. The van der Waals surface area contributed by atoms with Crippen LogP contribution in [0, 0.1) is 0 Å². The molecule has 54 heavy (non-hydrogen) atoms. The van der Waals surface area contributed by atoms with E-state index >= 15 is 0 Å². The molecule has 4 heterocycles. The van der Waals surface area contributed by atoms with E-state index in [4.69, 9.17) is 4.42 Å². The van der Waals surface area contributed by atoms with Crippen LogP contribution in [0.15, 0.2) is 192 Å². The average Bonchev–Trinajstić information content (AvgIpc) is 3.96. The molecule has 0 fully saturated rings. The summed E-state index contributed by atoms with van der Waals surface area (Å²) in [6, 6.07) is 67.7. The van der Waals surface area contributed by atoms with E-state index < -0.39 is 0 Å². The van der Waals surface area contributed by atoms with Crippen molar-refractivity contribution in [3.05, 3.63) is 188 Å². The lowest BCUT2D eigenvalue weighted by Gasteiger charge is -2.11. The predicted molar refractivity (Wildman–Crippen MR) is 225 cm³/mol. The van der Waals surface area contributed by atoms with E-state index in [1.807, 2.05) is 6.07 Å². The molecule has 0 bridgehead atoms. The lowest BCUT2D eigenvalue weighted by atomic mass is 10.0. The average molecular weight is 690 g/mol. The van der Waals surface area contributed by atoms with Crippen LogP contribution >= 0.6 is 0 Å². The number of hydrogen-bond acceptors (Lipinski definition) is 1. The van der Waals surface area contributed by atoms with Crippen molar-refractivity contribution in [1.29, 1.82) is 0 Å². The third-order valence-electron chi connectivity index (χ3n) is 11.3. The zero-order valence-electron chi connectivity index (χ0n) is 29.1. The molecule has 12 aromatic rings. The highest BCUT2D eigenvalue weighted by Gasteiger charge is 2.20. The second-order valence-corrected chi connectivity index (χ2v) is 14.2. The fourth-order valence-corrected chi connectivity index (χ4v) is 8.89. The van der Waals surface area contributed by atoms with Gasteiger partial charge in [0.1, 0.15) is 5.58 Å². The third kappa shape index (κ3) is 4.08. The normalized spacial score (nSPS) is 12.1. The van der Waals surface area contributed by atoms with Crippen molar-refractivity contribution in [2.45, 2.75) is 0 Å². The summed E-state index contributed by atoms with van der Waals surface area (Å²) in [7, 11) is 0. The topological polar surface area (TPSA) is 27.9 Å². The highest BCUT2D eigenvalue weighted by molar-refractivity contribution is 6.20. The summed E-state index contributed by atoms with van der Waals surface area (Å²) in [5.41, 5.74) is 13.4. The molecule has 0 amide bonds. The van der Waals surface area contributed by atoms with Crippen LogP contribution in [0.25, 0.3) is 105 Å². The molecule has 252 valence electrons. The number of para-hydroxylation sites is 5. The fraction of sp³-hybridized carbons (Fsp3) is 0. The Kier molecular flexibility index (Phi) is 6.02. The Morgan fingerprint density at radius 2 is 0.778 bits per heavy atom. The SMILES string of the molecule is c1ccc(-n2c3ccc(-c4ccc(-n5c6ccccc6c6cc(-n7c8ccccc8c8ccccc87)ccc65)cc4)cc3c3c4ccccc4oc32)cc1. The van der Waals surface area contributed by atoms with E-state index in [9.17, 15) is 0 Å². The molecular formula is C50H31N3O. The van der Waals surface area contributed by atoms with Crippen molar-refractivity contribution in [1.82, 2.24) is 13.7 Å². The molecule has 12 rings (SSSR count). The highest BCUT2D eigenvalue weighted by Crippen LogP contribution is 2.41. The Labute approximate surface area is 309 Å². The molecule has 4 nitrogen and oxygen atoms in total. The summed E-state index contributed by atoms with van der Waals surface area (Å²) < 4.78 is 13.6. The molecule has 0 N–H and O–H groups in total. The summed E-state index contributed by atoms with van der Waals surface area (Å²) in [6.45, 7) is 0. The van der Waals surface area contributed by atoms with Gasteiger partial charge in [0.2, 0.25) is 5.71 Å². The molecule has 0 unspecified atom stereocenters. The van der Waals surface area contributed by atoms with E-state index in [2.05, 4.69) is 196 Å². The van der Waals surface area contributed by atoms with Crippen molar-refractivity contribution >= 4 is 76.6 Å². The molecule has 0 saturated heterocycles. The molecule has 0 saturated carbocycles. The minimum absolute atomic E-state index is 0.873. The van der Waals surface area contributed by atoms with Gasteiger partial charge in [0.05, 0.1) is 33.0 Å². The van der Waals surface area contributed by atoms with Gasteiger partial charge in [-0.3, -0.25) is 4.57 Å². The van der Waals surface area contributed by atoms with Crippen LogP contribution < -0.4 is 0 Å². The Bertz CT molecular complexity index is 3380. The Morgan fingerprint density at radius 1 is 0.296 bits per heavy atom. The molecule has 4 heteroatoms. The van der Waals surface area contributed by atoms with Gasteiger partial charge in [-0.25, -0.2) is 0 Å². The number of furan rings is 1. The molecule has 0 aliphatic heterocycles. The maximum absolute atomic E-state index is 6.52. The molecule has 0 aliphatic carbocycles. The van der Waals surface area contributed by atoms with Crippen LogP contribution in [-0.4, -0.2) is 13.7 Å². The smallest absolute Gasteiger partial charge is 0.213 e. The van der Waals surface area contributed by atoms with Crippen molar-refractivity contribution in [2.75, 3.05) is 0 Å². The monoisotopic (exact) mass is 689 g/mol. The summed E-state index contributed by atoms with van der Waals surface area (Å²) in [5.74, 6) is 0. The first-order chi connectivity index (χ1) is 26.8. The number of hydrogen-bond donors (Lipinski definition) is 0. The van der Waals surface area contributed by atoms with Crippen molar-refractivity contribution < 1.29 is 4.42 Å².